The molecule has 3 saturated heterocycles. The zero-order chi connectivity index (χ0) is 38.4. The van der Waals surface area contributed by atoms with Crippen LogP contribution >= 0.6 is 0 Å². The molecule has 3 heterocycles. The highest BCUT2D eigenvalue weighted by Crippen LogP contribution is 2.40. The van der Waals surface area contributed by atoms with Crippen LogP contribution < -0.4 is 0 Å². The van der Waals surface area contributed by atoms with E-state index in [-0.39, 0.29) is 101 Å². The molecule has 0 aromatic heterocycles. The molecule has 0 aromatic carbocycles. The monoisotopic (exact) mass is 736 g/mol. The van der Waals surface area contributed by atoms with E-state index in [2.05, 4.69) is 4.74 Å². The second kappa shape index (κ2) is 21.2. The maximum absolute atomic E-state index is 13.7. The highest BCUT2D eigenvalue weighted by molar-refractivity contribution is 6.08. The maximum atomic E-state index is 13.7. The molecule has 15 heteroatoms. The Bertz CT molecular complexity index is 1260. The third-order valence-corrected chi connectivity index (χ3v) is 10.2. The number of carbonyl (C=O) groups excluding carboxylic acids is 7. The molecule has 5 amide bonds. The number of fused-ring (bicyclic) bond motifs is 1. The highest BCUT2D eigenvalue weighted by atomic mass is 16.5. The lowest BCUT2D eigenvalue weighted by atomic mass is 9.85. The van der Waals surface area contributed by atoms with Gasteiger partial charge in [0.05, 0.1) is 31.6 Å². The Labute approximate surface area is 307 Å². The number of likely N-dealkylation sites (tertiary alicyclic amines) is 2. The van der Waals surface area contributed by atoms with E-state index in [1.54, 1.807) is 14.7 Å². The van der Waals surface area contributed by atoms with Gasteiger partial charge in [0.2, 0.25) is 17.7 Å². The molecule has 0 aromatic rings. The summed E-state index contributed by atoms with van der Waals surface area (Å²) in [5.74, 6) is -3.74. The Hall–Kier alpha value is -3.59. The molecule has 15 nitrogen and oxygen atoms in total. The van der Waals surface area contributed by atoms with Crippen LogP contribution in [0.4, 0.5) is 4.79 Å². The number of ether oxygens (including phenoxy) is 4. The minimum absolute atomic E-state index is 0.0194. The molecule has 3 aliphatic rings. The Morgan fingerprint density at radius 2 is 1.46 bits per heavy atom. The fourth-order valence-corrected chi connectivity index (χ4v) is 7.55. The molecule has 3 aliphatic heterocycles. The van der Waals surface area contributed by atoms with Crippen molar-refractivity contribution in [2.45, 2.75) is 116 Å². The van der Waals surface area contributed by atoms with E-state index in [9.17, 15) is 33.6 Å². The summed E-state index contributed by atoms with van der Waals surface area (Å²) in [6.45, 7) is 6.96. The predicted molar refractivity (Wildman–Crippen MR) is 188 cm³/mol. The Balaban J connectivity index is 1.53. The number of nitrogens with zero attached hydrogens (tertiary/aromatic N) is 4. The smallest absolute Gasteiger partial charge is 0.325 e. The Kier molecular flexibility index (Phi) is 17.5. The molecule has 52 heavy (non-hydrogen) atoms. The van der Waals surface area contributed by atoms with Crippen molar-refractivity contribution < 1.29 is 52.5 Å². The second-order valence-electron chi connectivity index (χ2n) is 14.5. The van der Waals surface area contributed by atoms with E-state index in [1.807, 2.05) is 20.8 Å². The standard InChI is InChI=1S/C37H60N4O11/c1-7-8-20-38-34(45)26(16-18-29(42)27(35(38)46)13-9-10-15-30(43)51-6)17-19-31(44)52-21-12-11-14-28-32-33(39(36(28)47)22-25(2)3)41(24-50-5)37(48)40(32)23-49-4/h25-28,32-33H,7-24H2,1-6H3. The topological polar surface area (TPSA) is 169 Å². The van der Waals surface area contributed by atoms with Gasteiger partial charge >= 0.3 is 18.0 Å². The lowest BCUT2D eigenvalue weighted by Gasteiger charge is -2.31. The van der Waals surface area contributed by atoms with E-state index in [1.165, 1.54) is 26.2 Å². The average Bonchev–Trinajstić information content (AvgIpc) is 3.52. The van der Waals surface area contributed by atoms with Gasteiger partial charge in [-0.15, -0.1) is 0 Å². The molecule has 3 fully saturated rings. The Morgan fingerprint density at radius 1 is 0.769 bits per heavy atom. The van der Waals surface area contributed by atoms with E-state index >= 15 is 0 Å². The van der Waals surface area contributed by atoms with Gasteiger partial charge in [-0.2, -0.15) is 0 Å². The summed E-state index contributed by atoms with van der Waals surface area (Å²) in [5.41, 5.74) is 0. The van der Waals surface area contributed by atoms with Gasteiger partial charge in [-0.05, 0) is 57.3 Å². The molecule has 3 rings (SSSR count). The fraction of sp³-hybridized carbons (Fsp3) is 0.811. The zero-order valence-electron chi connectivity index (χ0n) is 32.0. The molecular weight excluding hydrogens is 676 g/mol. The van der Waals surface area contributed by atoms with E-state index in [4.69, 9.17) is 14.2 Å². The third kappa shape index (κ3) is 11.0. The average molecular weight is 737 g/mol. The van der Waals surface area contributed by atoms with Gasteiger partial charge in [-0.3, -0.25) is 43.5 Å². The molecule has 0 radical (unpaired) electrons. The number of rotatable bonds is 22. The largest absolute Gasteiger partial charge is 0.469 e. The first-order chi connectivity index (χ1) is 24.9. The van der Waals surface area contributed by atoms with Gasteiger partial charge in [-0.1, -0.05) is 33.6 Å². The summed E-state index contributed by atoms with van der Waals surface area (Å²) in [6.07, 6.45) is 4.37. The van der Waals surface area contributed by atoms with Crippen LogP contribution in [0, 0.1) is 23.7 Å². The lowest BCUT2D eigenvalue weighted by Crippen LogP contribution is -2.48. The third-order valence-electron chi connectivity index (χ3n) is 10.2. The van der Waals surface area contributed by atoms with Crippen LogP contribution in [-0.2, 0) is 47.7 Å². The van der Waals surface area contributed by atoms with Crippen LogP contribution in [-0.4, -0.2) is 128 Å². The fourth-order valence-electron chi connectivity index (χ4n) is 7.55. The Morgan fingerprint density at radius 3 is 2.12 bits per heavy atom. The summed E-state index contributed by atoms with van der Waals surface area (Å²) in [7, 11) is 4.33. The first kappa shape index (κ1) is 42.8. The van der Waals surface area contributed by atoms with Crippen LogP contribution in [0.3, 0.4) is 0 Å². The maximum Gasteiger partial charge on any atom is 0.325 e. The number of unbranched alkanes of at least 4 members (excludes halogenated alkanes) is 3. The van der Waals surface area contributed by atoms with Crippen molar-refractivity contribution in [3.63, 3.8) is 0 Å². The van der Waals surface area contributed by atoms with Gasteiger partial charge in [-0.25, -0.2) is 4.79 Å². The van der Waals surface area contributed by atoms with Crippen molar-refractivity contribution in [3.05, 3.63) is 0 Å². The quantitative estimate of drug-likeness (QED) is 0.0687. The van der Waals surface area contributed by atoms with Crippen molar-refractivity contribution >= 4 is 41.5 Å². The van der Waals surface area contributed by atoms with Gasteiger partial charge in [0.1, 0.15) is 25.4 Å². The summed E-state index contributed by atoms with van der Waals surface area (Å²) >= 11 is 0. The number of hydrogen-bond acceptors (Lipinski definition) is 11. The van der Waals surface area contributed by atoms with Crippen LogP contribution in [0.2, 0.25) is 0 Å². The van der Waals surface area contributed by atoms with E-state index in [0.717, 1.165) is 6.42 Å². The number of imide groups is 1. The van der Waals surface area contributed by atoms with Crippen molar-refractivity contribution in [3.8, 4) is 0 Å². The molecule has 5 unspecified atom stereocenters. The van der Waals surface area contributed by atoms with Crippen LogP contribution in [0.5, 0.6) is 0 Å². The van der Waals surface area contributed by atoms with Crippen LogP contribution in [0.1, 0.15) is 104 Å². The van der Waals surface area contributed by atoms with Crippen molar-refractivity contribution in [1.82, 2.24) is 19.6 Å². The molecule has 0 N–H and O–H groups in total. The molecule has 0 saturated carbocycles. The molecule has 0 aliphatic carbocycles. The number of ketones is 1. The number of urea groups is 1. The molecule has 5 atom stereocenters. The van der Waals surface area contributed by atoms with E-state index in [0.29, 0.717) is 45.1 Å². The lowest BCUT2D eigenvalue weighted by molar-refractivity contribution is -0.154. The number of hydrogen-bond donors (Lipinski definition) is 0. The van der Waals surface area contributed by atoms with Gasteiger partial charge in [0, 0.05) is 52.5 Å². The van der Waals surface area contributed by atoms with Gasteiger partial charge in [0.25, 0.3) is 0 Å². The highest BCUT2D eigenvalue weighted by Gasteiger charge is 2.59. The van der Waals surface area contributed by atoms with Crippen LogP contribution in [0.25, 0.3) is 0 Å². The van der Waals surface area contributed by atoms with Crippen molar-refractivity contribution in [2.75, 3.05) is 54.5 Å². The summed E-state index contributed by atoms with van der Waals surface area (Å²) in [5, 5.41) is 0. The zero-order valence-corrected chi connectivity index (χ0v) is 32.0. The summed E-state index contributed by atoms with van der Waals surface area (Å²) in [6, 6.07) is -0.633. The summed E-state index contributed by atoms with van der Waals surface area (Å²) in [4.78, 5) is 97.6. The number of carbonyl (C=O) groups is 7. The van der Waals surface area contributed by atoms with Crippen molar-refractivity contribution in [2.24, 2.45) is 23.7 Å². The number of methoxy groups -OCH3 is 3. The van der Waals surface area contributed by atoms with Crippen molar-refractivity contribution in [1.29, 1.82) is 0 Å². The molecule has 0 spiro atoms. The van der Waals surface area contributed by atoms with Crippen LogP contribution in [0.15, 0.2) is 0 Å². The SMILES string of the molecule is CCCCN1C(=O)C(CCC(=O)OCCCCC2C(=O)N(CC(C)C)C3C2N(COC)C(=O)N3COC)CCC(=O)C(CCCCC(=O)OC)C1=O. The number of Topliss-reactive ketones (excluding diaryl/α,β-unsaturated/α-hetero) is 1. The van der Waals surface area contributed by atoms with Gasteiger partial charge < -0.3 is 23.8 Å². The minimum atomic E-state index is -0.922. The first-order valence-electron chi connectivity index (χ1n) is 18.9. The summed E-state index contributed by atoms with van der Waals surface area (Å²) < 4.78 is 20.8. The predicted octanol–water partition coefficient (Wildman–Crippen LogP) is 3.72. The van der Waals surface area contributed by atoms with Gasteiger partial charge in [0.15, 0.2) is 0 Å². The first-order valence-corrected chi connectivity index (χ1v) is 18.9. The minimum Gasteiger partial charge on any atom is -0.469 e. The number of esters is 2. The normalized spacial score (nSPS) is 23.8. The number of amides is 5. The second-order valence-corrected chi connectivity index (χ2v) is 14.5. The van der Waals surface area contributed by atoms with E-state index < -0.39 is 41.8 Å². The molecule has 0 bridgehead atoms. The molecule has 294 valence electrons. The molecular formula is C37H60N4O11.